The van der Waals surface area contributed by atoms with Crippen LogP contribution >= 0.6 is 0 Å². The van der Waals surface area contributed by atoms with Crippen LogP contribution < -0.4 is 10.1 Å². The Morgan fingerprint density at radius 3 is 2.67 bits per heavy atom. The van der Waals surface area contributed by atoms with Crippen LogP contribution in [0.5, 0.6) is 5.75 Å². The summed E-state index contributed by atoms with van der Waals surface area (Å²) in [5.41, 5.74) is 0.943. The molecule has 1 rings (SSSR count). The third-order valence-corrected chi connectivity index (χ3v) is 2.71. The highest BCUT2D eigenvalue weighted by molar-refractivity contribution is 5.29. The summed E-state index contributed by atoms with van der Waals surface area (Å²) in [5.74, 6) is -0.0368. The van der Waals surface area contributed by atoms with Crippen LogP contribution in [0.15, 0.2) is 18.2 Å². The molecule has 0 spiro atoms. The summed E-state index contributed by atoms with van der Waals surface area (Å²) in [6, 6.07) is 5.28. The van der Waals surface area contributed by atoms with Crippen molar-refractivity contribution in [3.8, 4) is 5.75 Å². The van der Waals surface area contributed by atoms with Gasteiger partial charge in [0.1, 0.15) is 0 Å². The lowest BCUT2D eigenvalue weighted by atomic mass is 10.1. The Kier molecular flexibility index (Phi) is 6.68. The van der Waals surface area contributed by atoms with E-state index in [0.717, 1.165) is 18.5 Å². The van der Waals surface area contributed by atoms with Gasteiger partial charge in [-0.3, -0.25) is 0 Å². The van der Waals surface area contributed by atoms with Crippen molar-refractivity contribution in [1.29, 1.82) is 0 Å². The Morgan fingerprint density at radius 1 is 1.33 bits per heavy atom. The maximum absolute atomic E-state index is 13.6. The molecule has 0 saturated heterocycles. The van der Waals surface area contributed by atoms with Crippen LogP contribution in [0.4, 0.5) is 4.39 Å². The first-order valence-corrected chi connectivity index (χ1v) is 6.34. The fraction of sp³-hybridized carbons (Fsp3) is 0.571. The van der Waals surface area contributed by atoms with Gasteiger partial charge in [-0.05, 0) is 37.6 Å². The van der Waals surface area contributed by atoms with Crippen LogP contribution in [0.2, 0.25) is 0 Å². The van der Waals surface area contributed by atoms with E-state index in [2.05, 4.69) is 5.32 Å². The van der Waals surface area contributed by atoms with E-state index in [1.807, 2.05) is 19.9 Å². The topological polar surface area (TPSA) is 30.5 Å². The number of likely N-dealkylation sites (N-methyl/N-ethyl adjacent to an activating group) is 1. The number of nitrogens with one attached hydrogen (secondary N) is 1. The van der Waals surface area contributed by atoms with E-state index in [0.29, 0.717) is 13.2 Å². The predicted octanol–water partition coefficient (Wildman–Crippen LogP) is 2.39. The van der Waals surface area contributed by atoms with Gasteiger partial charge in [0.05, 0.1) is 13.7 Å². The van der Waals surface area contributed by atoms with Gasteiger partial charge in [0, 0.05) is 12.6 Å². The highest BCUT2D eigenvalue weighted by atomic mass is 19.1. The number of ether oxygens (including phenoxy) is 2. The standard InChI is InChI=1S/C14H22FNO2/c1-4-16-12(10-18-5-2)8-11-6-7-14(17-3)13(15)9-11/h6-7,9,12,16H,4-5,8,10H2,1-3H3. The molecule has 1 N–H and O–H groups in total. The second-order valence-corrected chi connectivity index (χ2v) is 4.09. The summed E-state index contributed by atoms with van der Waals surface area (Å²) < 4.78 is 23.9. The van der Waals surface area contributed by atoms with Gasteiger partial charge in [-0.15, -0.1) is 0 Å². The highest BCUT2D eigenvalue weighted by Crippen LogP contribution is 2.18. The van der Waals surface area contributed by atoms with Crippen LogP contribution in [-0.2, 0) is 11.2 Å². The molecule has 1 atom stereocenters. The molecule has 18 heavy (non-hydrogen) atoms. The molecule has 0 saturated carbocycles. The second-order valence-electron chi connectivity index (χ2n) is 4.09. The van der Waals surface area contributed by atoms with E-state index in [1.165, 1.54) is 13.2 Å². The maximum atomic E-state index is 13.6. The molecule has 0 radical (unpaired) electrons. The third-order valence-electron chi connectivity index (χ3n) is 2.71. The van der Waals surface area contributed by atoms with Crippen molar-refractivity contribution < 1.29 is 13.9 Å². The first-order valence-electron chi connectivity index (χ1n) is 6.34. The van der Waals surface area contributed by atoms with Gasteiger partial charge < -0.3 is 14.8 Å². The summed E-state index contributed by atoms with van der Waals surface area (Å²) in [5, 5.41) is 3.34. The summed E-state index contributed by atoms with van der Waals surface area (Å²) in [4.78, 5) is 0. The number of benzene rings is 1. The molecule has 102 valence electrons. The normalized spacial score (nSPS) is 12.4. The molecule has 0 heterocycles. The molecule has 0 aliphatic rings. The molecule has 0 aliphatic carbocycles. The van der Waals surface area contributed by atoms with Gasteiger partial charge in [0.25, 0.3) is 0 Å². The summed E-state index contributed by atoms with van der Waals surface area (Å²) in [7, 11) is 1.47. The van der Waals surface area contributed by atoms with Crippen LogP contribution in [0.3, 0.4) is 0 Å². The minimum Gasteiger partial charge on any atom is -0.494 e. The van der Waals surface area contributed by atoms with Crippen molar-refractivity contribution in [2.75, 3.05) is 26.9 Å². The molecule has 0 fully saturated rings. The van der Waals surface area contributed by atoms with E-state index >= 15 is 0 Å². The zero-order valence-corrected chi connectivity index (χ0v) is 11.3. The Labute approximate surface area is 108 Å². The van der Waals surface area contributed by atoms with Gasteiger partial charge in [0.15, 0.2) is 11.6 Å². The third kappa shape index (κ3) is 4.63. The maximum Gasteiger partial charge on any atom is 0.165 e. The molecule has 3 nitrogen and oxygen atoms in total. The summed E-state index contributed by atoms with van der Waals surface area (Å²) in [6.07, 6.45) is 0.745. The second kappa shape index (κ2) is 8.06. The Bertz CT molecular complexity index is 358. The summed E-state index contributed by atoms with van der Waals surface area (Å²) >= 11 is 0. The van der Waals surface area contributed by atoms with Crippen LogP contribution in [-0.4, -0.2) is 32.9 Å². The van der Waals surface area contributed by atoms with E-state index < -0.39 is 0 Å². The molecule has 0 aromatic heterocycles. The van der Waals surface area contributed by atoms with Crippen LogP contribution in [0.1, 0.15) is 19.4 Å². The fourth-order valence-corrected chi connectivity index (χ4v) is 1.86. The largest absolute Gasteiger partial charge is 0.494 e. The summed E-state index contributed by atoms with van der Waals surface area (Å²) in [6.45, 7) is 6.22. The molecule has 0 aliphatic heterocycles. The zero-order chi connectivity index (χ0) is 13.4. The molecular weight excluding hydrogens is 233 g/mol. The Morgan fingerprint density at radius 2 is 2.11 bits per heavy atom. The first kappa shape index (κ1) is 14.9. The van der Waals surface area contributed by atoms with Crippen molar-refractivity contribution in [2.24, 2.45) is 0 Å². The molecule has 1 aromatic rings. The molecule has 0 amide bonds. The average Bonchev–Trinajstić information content (AvgIpc) is 2.36. The van der Waals surface area contributed by atoms with Crippen LogP contribution in [0.25, 0.3) is 0 Å². The number of rotatable bonds is 8. The van der Waals surface area contributed by atoms with Gasteiger partial charge in [-0.1, -0.05) is 13.0 Å². The van der Waals surface area contributed by atoms with Crippen molar-refractivity contribution >= 4 is 0 Å². The highest BCUT2D eigenvalue weighted by Gasteiger charge is 2.10. The monoisotopic (exact) mass is 255 g/mol. The van der Waals surface area contributed by atoms with Crippen molar-refractivity contribution in [3.05, 3.63) is 29.6 Å². The van der Waals surface area contributed by atoms with Gasteiger partial charge >= 0.3 is 0 Å². The van der Waals surface area contributed by atoms with E-state index in [-0.39, 0.29) is 17.6 Å². The lowest BCUT2D eigenvalue weighted by molar-refractivity contribution is 0.123. The van der Waals surface area contributed by atoms with Crippen molar-refractivity contribution in [2.45, 2.75) is 26.3 Å². The number of halogens is 1. The average molecular weight is 255 g/mol. The SMILES string of the molecule is CCNC(COCC)Cc1ccc(OC)c(F)c1. The van der Waals surface area contributed by atoms with E-state index in [1.54, 1.807) is 6.07 Å². The molecule has 1 aromatic carbocycles. The van der Waals surface area contributed by atoms with Crippen LogP contribution in [0, 0.1) is 5.82 Å². The van der Waals surface area contributed by atoms with Gasteiger partial charge in [0.2, 0.25) is 0 Å². The van der Waals surface area contributed by atoms with E-state index in [4.69, 9.17) is 9.47 Å². The van der Waals surface area contributed by atoms with Gasteiger partial charge in [-0.2, -0.15) is 0 Å². The zero-order valence-electron chi connectivity index (χ0n) is 11.3. The number of methoxy groups -OCH3 is 1. The lowest BCUT2D eigenvalue weighted by Crippen LogP contribution is -2.35. The minimum absolute atomic E-state index is 0.211. The number of hydrogen-bond acceptors (Lipinski definition) is 3. The predicted molar refractivity (Wildman–Crippen MR) is 70.6 cm³/mol. The fourth-order valence-electron chi connectivity index (χ4n) is 1.86. The molecular formula is C14H22FNO2. The smallest absolute Gasteiger partial charge is 0.165 e. The minimum atomic E-state index is -0.318. The Balaban J connectivity index is 2.64. The van der Waals surface area contributed by atoms with E-state index in [9.17, 15) is 4.39 Å². The Hall–Kier alpha value is -1.13. The van der Waals surface area contributed by atoms with Crippen molar-refractivity contribution in [1.82, 2.24) is 5.32 Å². The van der Waals surface area contributed by atoms with Gasteiger partial charge in [-0.25, -0.2) is 4.39 Å². The molecule has 1 unspecified atom stereocenters. The quantitative estimate of drug-likeness (QED) is 0.773. The van der Waals surface area contributed by atoms with Crippen molar-refractivity contribution in [3.63, 3.8) is 0 Å². The molecule has 4 heteroatoms. The lowest BCUT2D eigenvalue weighted by Gasteiger charge is -2.18. The number of hydrogen-bond donors (Lipinski definition) is 1. The molecule has 0 bridgehead atoms. The first-order chi connectivity index (χ1) is 8.71.